The number of likely N-dealkylation sites (tertiary alicyclic amines) is 1. The van der Waals surface area contributed by atoms with Gasteiger partial charge < -0.3 is 4.74 Å². The molecule has 1 unspecified atom stereocenters. The van der Waals surface area contributed by atoms with Gasteiger partial charge in [-0.3, -0.25) is 9.69 Å². The van der Waals surface area contributed by atoms with Crippen LogP contribution in [0.4, 0.5) is 0 Å². The molecule has 0 radical (unpaired) electrons. The van der Waals surface area contributed by atoms with Gasteiger partial charge in [-0.1, -0.05) is 30.3 Å². The summed E-state index contributed by atoms with van der Waals surface area (Å²) in [7, 11) is 1.45. The van der Waals surface area contributed by atoms with Crippen LogP contribution < -0.4 is 0 Å². The fourth-order valence-corrected chi connectivity index (χ4v) is 2.66. The quantitative estimate of drug-likeness (QED) is 0.768. The normalized spacial score (nSPS) is 19.4. The Morgan fingerprint density at radius 2 is 1.89 bits per heavy atom. The number of rotatable bonds is 3. The molecule has 0 saturated carbocycles. The number of ether oxygens (including phenoxy) is 1. The Hall–Kier alpha value is -1.35. The van der Waals surface area contributed by atoms with Gasteiger partial charge in [-0.2, -0.15) is 0 Å². The molecule has 0 bridgehead atoms. The van der Waals surface area contributed by atoms with Crippen LogP contribution in [0.3, 0.4) is 0 Å². The molecular formula is C15H21NO2. The molecule has 1 heterocycles. The number of hydrogen-bond acceptors (Lipinski definition) is 3. The minimum absolute atomic E-state index is 0.119. The van der Waals surface area contributed by atoms with Crippen molar-refractivity contribution in [2.75, 3.05) is 20.2 Å². The third kappa shape index (κ3) is 2.91. The summed E-state index contributed by atoms with van der Waals surface area (Å²) in [5, 5.41) is 0. The van der Waals surface area contributed by atoms with E-state index in [1.54, 1.807) is 0 Å². The van der Waals surface area contributed by atoms with Crippen LogP contribution in [0.2, 0.25) is 0 Å². The predicted molar refractivity (Wildman–Crippen MR) is 71.5 cm³/mol. The molecular weight excluding hydrogens is 226 g/mol. The van der Waals surface area contributed by atoms with Gasteiger partial charge in [-0.15, -0.1) is 0 Å². The van der Waals surface area contributed by atoms with Crippen molar-refractivity contribution in [2.24, 2.45) is 0 Å². The van der Waals surface area contributed by atoms with Gasteiger partial charge >= 0.3 is 5.97 Å². The number of carbonyl (C=O) groups is 1. The van der Waals surface area contributed by atoms with Crippen LogP contribution in [0.25, 0.3) is 0 Å². The summed E-state index contributed by atoms with van der Waals surface area (Å²) in [6.07, 6.45) is 2.23. The molecule has 98 valence electrons. The van der Waals surface area contributed by atoms with Gasteiger partial charge in [0.15, 0.2) is 0 Å². The van der Waals surface area contributed by atoms with Gasteiger partial charge in [-0.25, -0.2) is 0 Å². The summed E-state index contributed by atoms with van der Waals surface area (Å²) in [5.74, 6) is 0.500. The second kappa shape index (κ2) is 6.01. The number of piperidine rings is 1. The molecule has 1 atom stereocenters. The van der Waals surface area contributed by atoms with E-state index in [-0.39, 0.29) is 12.0 Å². The van der Waals surface area contributed by atoms with Crippen LogP contribution in [0.5, 0.6) is 0 Å². The molecule has 18 heavy (non-hydrogen) atoms. The Labute approximate surface area is 109 Å². The minimum atomic E-state index is -0.131. The van der Waals surface area contributed by atoms with E-state index in [9.17, 15) is 4.79 Å². The van der Waals surface area contributed by atoms with Crippen LogP contribution in [0.15, 0.2) is 30.3 Å². The first-order chi connectivity index (χ1) is 8.72. The van der Waals surface area contributed by atoms with Gasteiger partial charge in [0, 0.05) is 0 Å². The molecule has 1 aliphatic rings. The summed E-state index contributed by atoms with van der Waals surface area (Å²) >= 11 is 0. The van der Waals surface area contributed by atoms with Gasteiger partial charge in [0.1, 0.15) is 6.04 Å². The highest BCUT2D eigenvalue weighted by atomic mass is 16.5. The van der Waals surface area contributed by atoms with Crippen molar-refractivity contribution < 1.29 is 9.53 Å². The van der Waals surface area contributed by atoms with Crippen molar-refractivity contribution >= 4 is 5.97 Å². The van der Waals surface area contributed by atoms with E-state index in [0.29, 0.717) is 5.92 Å². The van der Waals surface area contributed by atoms with Gasteiger partial charge in [0.05, 0.1) is 7.11 Å². The Balaban J connectivity index is 1.90. The molecule has 1 aromatic rings. The molecule has 3 heteroatoms. The third-order valence-corrected chi connectivity index (χ3v) is 3.89. The largest absolute Gasteiger partial charge is 0.468 e. The van der Waals surface area contributed by atoms with Gasteiger partial charge in [0.25, 0.3) is 0 Å². The van der Waals surface area contributed by atoms with Crippen molar-refractivity contribution in [3.8, 4) is 0 Å². The zero-order valence-electron chi connectivity index (χ0n) is 11.1. The highest BCUT2D eigenvalue weighted by molar-refractivity contribution is 5.75. The molecule has 3 nitrogen and oxygen atoms in total. The van der Waals surface area contributed by atoms with Crippen molar-refractivity contribution in [3.63, 3.8) is 0 Å². The van der Waals surface area contributed by atoms with Crippen LogP contribution >= 0.6 is 0 Å². The second-order valence-corrected chi connectivity index (χ2v) is 4.92. The average Bonchev–Trinajstić information content (AvgIpc) is 2.47. The SMILES string of the molecule is COC(=O)C(C)N1CCC(c2ccccc2)CC1. The zero-order valence-corrected chi connectivity index (χ0v) is 11.1. The highest BCUT2D eigenvalue weighted by Crippen LogP contribution is 2.28. The molecule has 0 aliphatic carbocycles. The third-order valence-electron chi connectivity index (χ3n) is 3.89. The minimum Gasteiger partial charge on any atom is -0.468 e. The predicted octanol–water partition coefficient (Wildman–Crippen LogP) is 2.43. The lowest BCUT2D eigenvalue weighted by molar-refractivity contribution is -0.146. The topological polar surface area (TPSA) is 29.5 Å². The summed E-state index contributed by atoms with van der Waals surface area (Å²) in [5.41, 5.74) is 1.42. The fourth-order valence-electron chi connectivity index (χ4n) is 2.66. The van der Waals surface area contributed by atoms with Crippen molar-refractivity contribution in [1.82, 2.24) is 4.90 Å². The second-order valence-electron chi connectivity index (χ2n) is 4.92. The maximum absolute atomic E-state index is 11.5. The zero-order chi connectivity index (χ0) is 13.0. The molecule has 0 N–H and O–H groups in total. The maximum atomic E-state index is 11.5. The summed E-state index contributed by atoms with van der Waals surface area (Å²) < 4.78 is 4.80. The first kappa shape index (κ1) is 13.1. The van der Waals surface area contributed by atoms with E-state index in [4.69, 9.17) is 4.74 Å². The molecule has 1 aliphatic heterocycles. The number of methoxy groups -OCH3 is 1. The number of carbonyl (C=O) groups excluding carboxylic acids is 1. The Kier molecular flexibility index (Phi) is 4.37. The highest BCUT2D eigenvalue weighted by Gasteiger charge is 2.27. The molecule has 2 rings (SSSR count). The maximum Gasteiger partial charge on any atom is 0.322 e. The average molecular weight is 247 g/mol. The first-order valence-corrected chi connectivity index (χ1v) is 6.59. The van der Waals surface area contributed by atoms with Crippen molar-refractivity contribution in [3.05, 3.63) is 35.9 Å². The summed E-state index contributed by atoms with van der Waals surface area (Å²) in [6, 6.07) is 10.5. The molecule has 0 spiro atoms. The smallest absolute Gasteiger partial charge is 0.322 e. The van der Waals surface area contributed by atoms with Gasteiger partial charge in [-0.05, 0) is 44.3 Å². The van der Waals surface area contributed by atoms with E-state index in [1.165, 1.54) is 12.7 Å². The number of nitrogens with zero attached hydrogens (tertiary/aromatic N) is 1. The molecule has 1 fully saturated rings. The number of benzene rings is 1. The Morgan fingerprint density at radius 3 is 2.44 bits per heavy atom. The first-order valence-electron chi connectivity index (χ1n) is 6.59. The molecule has 1 saturated heterocycles. The van der Waals surface area contributed by atoms with E-state index < -0.39 is 0 Å². The van der Waals surface area contributed by atoms with E-state index in [0.717, 1.165) is 25.9 Å². The lowest BCUT2D eigenvalue weighted by Crippen LogP contribution is -2.44. The standard InChI is InChI=1S/C15H21NO2/c1-12(15(17)18-2)16-10-8-14(9-11-16)13-6-4-3-5-7-13/h3-7,12,14H,8-11H2,1-2H3. The van der Waals surface area contributed by atoms with E-state index in [2.05, 4.69) is 35.2 Å². The van der Waals surface area contributed by atoms with E-state index in [1.807, 2.05) is 6.92 Å². The molecule has 1 aromatic carbocycles. The van der Waals surface area contributed by atoms with Crippen molar-refractivity contribution in [1.29, 1.82) is 0 Å². The van der Waals surface area contributed by atoms with Crippen LogP contribution in [-0.4, -0.2) is 37.1 Å². The van der Waals surface area contributed by atoms with Crippen LogP contribution in [0, 0.1) is 0 Å². The van der Waals surface area contributed by atoms with E-state index >= 15 is 0 Å². The Morgan fingerprint density at radius 1 is 1.28 bits per heavy atom. The monoisotopic (exact) mass is 247 g/mol. The number of esters is 1. The molecule has 0 amide bonds. The lowest BCUT2D eigenvalue weighted by atomic mass is 9.89. The lowest BCUT2D eigenvalue weighted by Gasteiger charge is -2.34. The Bertz CT molecular complexity index is 383. The van der Waals surface area contributed by atoms with Crippen LogP contribution in [0.1, 0.15) is 31.2 Å². The fraction of sp³-hybridized carbons (Fsp3) is 0.533. The number of hydrogen-bond donors (Lipinski definition) is 0. The van der Waals surface area contributed by atoms with Gasteiger partial charge in [0.2, 0.25) is 0 Å². The van der Waals surface area contributed by atoms with Crippen molar-refractivity contribution in [2.45, 2.75) is 31.7 Å². The molecule has 0 aromatic heterocycles. The summed E-state index contributed by atoms with van der Waals surface area (Å²) in [6.45, 7) is 3.86. The van der Waals surface area contributed by atoms with Crippen LogP contribution in [-0.2, 0) is 9.53 Å². The summed E-state index contributed by atoms with van der Waals surface area (Å²) in [4.78, 5) is 13.7.